The van der Waals surface area contributed by atoms with Crippen LogP contribution in [0.1, 0.15) is 44.2 Å². The number of rotatable bonds is 11. The van der Waals surface area contributed by atoms with Crippen molar-refractivity contribution in [2.75, 3.05) is 18.5 Å². The molecule has 2 amide bonds. The SMILES string of the molecule is CCOc1cc(/C=N\NC(=O)CCCC(=O)Nc2cccc(Cl)c2C)cc(Br)c1OCC. The van der Waals surface area contributed by atoms with Crippen LogP contribution in [-0.4, -0.2) is 31.2 Å². The molecule has 0 aliphatic carbocycles. The topological polar surface area (TPSA) is 89.0 Å². The number of nitrogens with zero attached hydrogens (tertiary/aromatic N) is 1. The van der Waals surface area contributed by atoms with Gasteiger partial charge in [-0.3, -0.25) is 9.59 Å². The number of halogens is 2. The normalized spacial score (nSPS) is 10.8. The molecule has 0 fully saturated rings. The van der Waals surface area contributed by atoms with Gasteiger partial charge in [0.25, 0.3) is 0 Å². The van der Waals surface area contributed by atoms with E-state index in [2.05, 4.69) is 31.8 Å². The molecule has 0 saturated carbocycles. The average molecular weight is 525 g/mol. The second-order valence-corrected chi connectivity index (χ2v) is 8.06. The maximum Gasteiger partial charge on any atom is 0.240 e. The van der Waals surface area contributed by atoms with Gasteiger partial charge in [0.05, 0.1) is 23.9 Å². The van der Waals surface area contributed by atoms with E-state index in [1.165, 1.54) is 6.21 Å². The number of hydrazone groups is 1. The number of amides is 2. The lowest BCUT2D eigenvalue weighted by molar-refractivity contribution is -0.121. The highest BCUT2D eigenvalue weighted by Crippen LogP contribution is 2.36. The Balaban J connectivity index is 1.82. The summed E-state index contributed by atoms with van der Waals surface area (Å²) in [5.41, 5.74) is 4.69. The van der Waals surface area contributed by atoms with Gasteiger partial charge in [0.2, 0.25) is 11.8 Å². The second-order valence-electron chi connectivity index (χ2n) is 6.80. The molecule has 172 valence electrons. The van der Waals surface area contributed by atoms with Gasteiger partial charge in [-0.1, -0.05) is 17.7 Å². The van der Waals surface area contributed by atoms with Crippen LogP contribution in [0.4, 0.5) is 5.69 Å². The summed E-state index contributed by atoms with van der Waals surface area (Å²) < 4.78 is 12.0. The number of carbonyl (C=O) groups is 2. The van der Waals surface area contributed by atoms with E-state index in [1.54, 1.807) is 24.3 Å². The zero-order chi connectivity index (χ0) is 23.5. The number of benzene rings is 2. The molecule has 32 heavy (non-hydrogen) atoms. The zero-order valence-corrected chi connectivity index (χ0v) is 20.7. The van der Waals surface area contributed by atoms with Gasteiger partial charge in [-0.2, -0.15) is 5.10 Å². The minimum absolute atomic E-state index is 0.172. The van der Waals surface area contributed by atoms with E-state index < -0.39 is 0 Å². The van der Waals surface area contributed by atoms with Crippen molar-refractivity contribution in [3.05, 3.63) is 51.0 Å². The van der Waals surface area contributed by atoms with Gasteiger partial charge in [-0.25, -0.2) is 5.43 Å². The fourth-order valence-electron chi connectivity index (χ4n) is 2.81. The molecule has 0 saturated heterocycles. The summed E-state index contributed by atoms with van der Waals surface area (Å²) in [6, 6.07) is 8.94. The van der Waals surface area contributed by atoms with Crippen LogP contribution in [-0.2, 0) is 9.59 Å². The molecule has 0 heterocycles. The van der Waals surface area contributed by atoms with Gasteiger partial charge in [0.1, 0.15) is 0 Å². The van der Waals surface area contributed by atoms with Gasteiger partial charge in [-0.15, -0.1) is 0 Å². The Hall–Kier alpha value is -2.58. The van der Waals surface area contributed by atoms with Crippen LogP contribution < -0.4 is 20.2 Å². The summed E-state index contributed by atoms with van der Waals surface area (Å²) >= 11 is 9.53. The molecule has 0 atom stereocenters. The Morgan fingerprint density at radius 3 is 2.56 bits per heavy atom. The highest BCUT2D eigenvalue weighted by molar-refractivity contribution is 9.10. The third-order valence-electron chi connectivity index (χ3n) is 4.37. The van der Waals surface area contributed by atoms with Crippen molar-refractivity contribution < 1.29 is 19.1 Å². The van der Waals surface area contributed by atoms with Crippen LogP contribution in [0.2, 0.25) is 5.02 Å². The van der Waals surface area contributed by atoms with E-state index in [0.29, 0.717) is 41.8 Å². The lowest BCUT2D eigenvalue weighted by Gasteiger charge is -2.13. The molecule has 0 aliphatic heterocycles. The lowest BCUT2D eigenvalue weighted by Crippen LogP contribution is -2.18. The third kappa shape index (κ3) is 7.84. The minimum Gasteiger partial charge on any atom is -0.490 e. The summed E-state index contributed by atoms with van der Waals surface area (Å²) in [6.07, 6.45) is 2.31. The Morgan fingerprint density at radius 2 is 1.84 bits per heavy atom. The summed E-state index contributed by atoms with van der Waals surface area (Å²) in [6.45, 7) is 6.63. The number of hydrogen-bond donors (Lipinski definition) is 2. The molecule has 0 radical (unpaired) electrons. The van der Waals surface area contributed by atoms with Crippen molar-refractivity contribution in [1.29, 1.82) is 0 Å². The van der Waals surface area contributed by atoms with Crippen LogP contribution in [0.15, 0.2) is 39.9 Å². The highest BCUT2D eigenvalue weighted by atomic mass is 79.9. The first-order valence-corrected chi connectivity index (χ1v) is 11.5. The maximum atomic E-state index is 12.1. The first kappa shape index (κ1) is 25.7. The van der Waals surface area contributed by atoms with Crippen molar-refractivity contribution in [1.82, 2.24) is 5.43 Å². The molecule has 2 N–H and O–H groups in total. The van der Waals surface area contributed by atoms with Gasteiger partial charge >= 0.3 is 0 Å². The summed E-state index contributed by atoms with van der Waals surface area (Å²) in [4.78, 5) is 24.1. The van der Waals surface area contributed by atoms with Crippen LogP contribution in [0.3, 0.4) is 0 Å². The lowest BCUT2D eigenvalue weighted by atomic mass is 10.2. The fraction of sp³-hybridized carbons (Fsp3) is 0.348. The predicted octanol–water partition coefficient (Wildman–Crippen LogP) is 5.47. The molecule has 2 aromatic carbocycles. The Labute approximate surface area is 201 Å². The van der Waals surface area contributed by atoms with Crippen LogP contribution in [0.5, 0.6) is 11.5 Å². The molecule has 0 bridgehead atoms. The van der Waals surface area contributed by atoms with Crippen molar-refractivity contribution in [3.63, 3.8) is 0 Å². The molecule has 2 aromatic rings. The van der Waals surface area contributed by atoms with Crippen molar-refractivity contribution in [3.8, 4) is 11.5 Å². The highest BCUT2D eigenvalue weighted by Gasteiger charge is 2.11. The number of carbonyl (C=O) groups excluding carboxylic acids is 2. The Kier molecular flexibility index (Phi) is 10.5. The molecule has 0 aliphatic rings. The van der Waals surface area contributed by atoms with Gasteiger partial charge in [0.15, 0.2) is 11.5 Å². The van der Waals surface area contributed by atoms with E-state index in [4.69, 9.17) is 21.1 Å². The van der Waals surface area contributed by atoms with Crippen LogP contribution in [0, 0.1) is 6.92 Å². The van der Waals surface area contributed by atoms with Crippen LogP contribution >= 0.6 is 27.5 Å². The quantitative estimate of drug-likeness (QED) is 0.301. The number of anilines is 1. The largest absolute Gasteiger partial charge is 0.490 e. The first-order valence-electron chi connectivity index (χ1n) is 10.3. The molecule has 2 rings (SSSR count). The monoisotopic (exact) mass is 523 g/mol. The van der Waals surface area contributed by atoms with E-state index in [1.807, 2.05) is 26.8 Å². The number of ether oxygens (including phenoxy) is 2. The van der Waals surface area contributed by atoms with E-state index in [9.17, 15) is 9.59 Å². The number of nitrogens with one attached hydrogen (secondary N) is 2. The molecule has 7 nitrogen and oxygen atoms in total. The molecule has 9 heteroatoms. The van der Waals surface area contributed by atoms with Gasteiger partial charge < -0.3 is 14.8 Å². The summed E-state index contributed by atoms with van der Waals surface area (Å²) in [5.74, 6) is 0.775. The van der Waals surface area contributed by atoms with E-state index in [0.717, 1.165) is 15.6 Å². The fourth-order valence-corrected chi connectivity index (χ4v) is 3.56. The Bertz CT molecular complexity index is 982. The minimum atomic E-state index is -0.275. The van der Waals surface area contributed by atoms with E-state index in [-0.39, 0.29) is 24.7 Å². The Morgan fingerprint density at radius 1 is 1.12 bits per heavy atom. The van der Waals surface area contributed by atoms with Crippen LogP contribution in [0.25, 0.3) is 0 Å². The maximum absolute atomic E-state index is 12.1. The van der Waals surface area contributed by atoms with Crippen molar-refractivity contribution in [2.24, 2.45) is 5.10 Å². The molecule has 0 unspecified atom stereocenters. The van der Waals surface area contributed by atoms with Gasteiger partial charge in [0, 0.05) is 23.6 Å². The molecular weight excluding hydrogens is 498 g/mol. The molecule has 0 aromatic heterocycles. The van der Waals surface area contributed by atoms with Crippen molar-refractivity contribution >= 4 is 51.2 Å². The molecular formula is C23H27BrClN3O4. The third-order valence-corrected chi connectivity index (χ3v) is 5.37. The smallest absolute Gasteiger partial charge is 0.240 e. The van der Waals surface area contributed by atoms with E-state index >= 15 is 0 Å². The first-order chi connectivity index (χ1) is 15.3. The number of hydrogen-bond acceptors (Lipinski definition) is 5. The average Bonchev–Trinajstić information content (AvgIpc) is 2.74. The van der Waals surface area contributed by atoms with Crippen molar-refractivity contribution in [2.45, 2.75) is 40.0 Å². The predicted molar refractivity (Wildman–Crippen MR) is 131 cm³/mol. The summed E-state index contributed by atoms with van der Waals surface area (Å²) in [7, 11) is 0. The summed E-state index contributed by atoms with van der Waals surface area (Å²) in [5, 5.41) is 7.39. The standard InChI is InChI=1S/C23H27BrClN3O4/c1-4-31-20-13-16(12-17(24)23(20)32-5-2)14-26-28-22(30)11-7-10-21(29)27-19-9-6-8-18(25)15(19)3/h6,8-9,12-14H,4-5,7,10-11H2,1-3H3,(H,27,29)(H,28,30)/b26-14-. The molecule has 0 spiro atoms. The zero-order valence-electron chi connectivity index (χ0n) is 18.3. The van der Waals surface area contributed by atoms with Gasteiger partial charge in [-0.05, 0) is 78.5 Å². The second kappa shape index (κ2) is 13.1.